The third-order valence-electron chi connectivity index (χ3n) is 5.70. The molecule has 0 radical (unpaired) electrons. The minimum atomic E-state index is -0.238. The molecule has 1 saturated heterocycles. The first kappa shape index (κ1) is 16.2. The molecular formula is C20H24N2O3. The summed E-state index contributed by atoms with van der Waals surface area (Å²) in [6, 6.07) is 8.57. The molecule has 2 fully saturated rings. The Morgan fingerprint density at radius 1 is 1.32 bits per heavy atom. The van der Waals surface area contributed by atoms with Crippen LogP contribution in [-0.4, -0.2) is 40.5 Å². The zero-order valence-corrected chi connectivity index (χ0v) is 14.5. The maximum absolute atomic E-state index is 12.6. The SMILES string of the molecule is CC(=O)O[C@H]1CC[C@@H]2C[C@H]1CC(=O)N2CCc1c[nH]c2ccccc12. The molecule has 2 aromatic rings. The first-order valence-corrected chi connectivity index (χ1v) is 9.13. The molecule has 1 saturated carbocycles. The summed E-state index contributed by atoms with van der Waals surface area (Å²) in [6.45, 7) is 2.21. The minimum absolute atomic E-state index is 0.0755. The van der Waals surface area contributed by atoms with E-state index in [0.717, 1.165) is 37.7 Å². The average molecular weight is 340 g/mol. The predicted octanol–water partition coefficient (Wildman–Crippen LogP) is 3.04. The topological polar surface area (TPSA) is 62.4 Å². The van der Waals surface area contributed by atoms with E-state index in [1.165, 1.54) is 17.9 Å². The van der Waals surface area contributed by atoms with Crippen LogP contribution in [0.1, 0.15) is 38.2 Å². The van der Waals surface area contributed by atoms with Crippen LogP contribution in [0.5, 0.6) is 0 Å². The number of fused-ring (bicyclic) bond motifs is 3. The zero-order valence-electron chi connectivity index (χ0n) is 14.5. The van der Waals surface area contributed by atoms with E-state index in [9.17, 15) is 9.59 Å². The number of nitrogens with one attached hydrogen (secondary N) is 1. The molecule has 1 aliphatic carbocycles. The number of rotatable bonds is 4. The number of carbonyl (C=O) groups excluding carboxylic acids is 2. The van der Waals surface area contributed by atoms with Gasteiger partial charge >= 0.3 is 5.97 Å². The van der Waals surface area contributed by atoms with Gasteiger partial charge in [0, 0.05) is 48.9 Å². The first-order chi connectivity index (χ1) is 12.1. The normalized spacial score (nSPS) is 26.0. The Balaban J connectivity index is 1.42. The number of nitrogens with zero attached hydrogens (tertiary/aromatic N) is 1. The Morgan fingerprint density at radius 3 is 3.00 bits per heavy atom. The smallest absolute Gasteiger partial charge is 0.302 e. The van der Waals surface area contributed by atoms with Crippen LogP contribution < -0.4 is 0 Å². The molecule has 132 valence electrons. The number of carbonyl (C=O) groups is 2. The highest BCUT2D eigenvalue weighted by Gasteiger charge is 2.42. The second kappa shape index (κ2) is 6.54. The highest BCUT2D eigenvalue weighted by Crippen LogP contribution is 2.37. The predicted molar refractivity (Wildman–Crippen MR) is 95.0 cm³/mol. The van der Waals surface area contributed by atoms with Crippen molar-refractivity contribution in [3.63, 3.8) is 0 Å². The number of piperidine rings is 1. The highest BCUT2D eigenvalue weighted by molar-refractivity contribution is 5.83. The molecule has 2 aliphatic rings. The maximum atomic E-state index is 12.6. The second-order valence-corrected chi connectivity index (χ2v) is 7.28. The van der Waals surface area contributed by atoms with Crippen molar-refractivity contribution in [1.82, 2.24) is 9.88 Å². The van der Waals surface area contributed by atoms with Gasteiger partial charge in [-0.05, 0) is 37.3 Å². The summed E-state index contributed by atoms with van der Waals surface area (Å²) in [5.74, 6) is 0.162. The number of esters is 1. The van der Waals surface area contributed by atoms with Crippen molar-refractivity contribution in [1.29, 1.82) is 0 Å². The molecule has 1 aromatic heterocycles. The number of hydrogen-bond donors (Lipinski definition) is 1. The van der Waals surface area contributed by atoms with E-state index in [1.807, 2.05) is 12.1 Å². The van der Waals surface area contributed by atoms with Crippen LogP contribution in [0.3, 0.4) is 0 Å². The summed E-state index contributed by atoms with van der Waals surface area (Å²) in [5.41, 5.74) is 2.41. The molecule has 1 aromatic carbocycles. The van der Waals surface area contributed by atoms with Crippen LogP contribution in [0, 0.1) is 5.92 Å². The maximum Gasteiger partial charge on any atom is 0.302 e. The van der Waals surface area contributed by atoms with Crippen molar-refractivity contribution >= 4 is 22.8 Å². The van der Waals surface area contributed by atoms with Gasteiger partial charge in [0.15, 0.2) is 0 Å². The molecule has 2 heterocycles. The third kappa shape index (κ3) is 3.15. The summed E-state index contributed by atoms with van der Waals surface area (Å²) in [4.78, 5) is 29.2. The lowest BCUT2D eigenvalue weighted by Gasteiger charge is -2.45. The van der Waals surface area contributed by atoms with Gasteiger partial charge in [-0.3, -0.25) is 9.59 Å². The van der Waals surface area contributed by atoms with Crippen LogP contribution >= 0.6 is 0 Å². The van der Waals surface area contributed by atoms with Crippen molar-refractivity contribution in [3.05, 3.63) is 36.0 Å². The third-order valence-corrected chi connectivity index (χ3v) is 5.70. The molecule has 5 nitrogen and oxygen atoms in total. The van der Waals surface area contributed by atoms with E-state index in [4.69, 9.17) is 4.74 Å². The molecule has 25 heavy (non-hydrogen) atoms. The number of benzene rings is 1. The van der Waals surface area contributed by atoms with Gasteiger partial charge in [0.1, 0.15) is 6.10 Å². The Bertz CT molecular complexity index is 797. The lowest BCUT2D eigenvalue weighted by Crippen LogP contribution is -2.53. The van der Waals surface area contributed by atoms with Gasteiger partial charge in [0.2, 0.25) is 5.91 Å². The summed E-state index contributed by atoms with van der Waals surface area (Å²) in [7, 11) is 0. The van der Waals surface area contributed by atoms with E-state index >= 15 is 0 Å². The molecule has 5 heteroatoms. The van der Waals surface area contributed by atoms with Gasteiger partial charge in [-0.2, -0.15) is 0 Å². The Morgan fingerprint density at radius 2 is 2.16 bits per heavy atom. The lowest BCUT2D eigenvalue weighted by atomic mass is 9.77. The molecule has 1 aliphatic heterocycles. The van der Waals surface area contributed by atoms with Crippen LogP contribution in [0.25, 0.3) is 10.9 Å². The molecule has 4 rings (SSSR count). The number of likely N-dealkylation sites (tertiary alicyclic amines) is 1. The minimum Gasteiger partial charge on any atom is -0.462 e. The quantitative estimate of drug-likeness (QED) is 0.870. The van der Waals surface area contributed by atoms with E-state index in [1.54, 1.807) is 0 Å². The molecular weight excluding hydrogens is 316 g/mol. The van der Waals surface area contributed by atoms with Gasteiger partial charge < -0.3 is 14.6 Å². The number of amides is 1. The van der Waals surface area contributed by atoms with Crippen molar-refractivity contribution in [3.8, 4) is 0 Å². The summed E-state index contributed by atoms with van der Waals surface area (Å²) >= 11 is 0. The fourth-order valence-corrected chi connectivity index (χ4v) is 4.51. The largest absolute Gasteiger partial charge is 0.462 e. The van der Waals surface area contributed by atoms with E-state index in [-0.39, 0.29) is 23.9 Å². The van der Waals surface area contributed by atoms with Gasteiger partial charge in [-0.1, -0.05) is 18.2 Å². The van der Waals surface area contributed by atoms with Crippen molar-refractivity contribution in [2.45, 2.75) is 51.2 Å². The fourth-order valence-electron chi connectivity index (χ4n) is 4.51. The number of aromatic nitrogens is 1. The number of hydrogen-bond acceptors (Lipinski definition) is 3. The summed E-state index contributed by atoms with van der Waals surface area (Å²) in [6.07, 6.45) is 6.09. The first-order valence-electron chi connectivity index (χ1n) is 9.13. The van der Waals surface area contributed by atoms with Crippen LogP contribution in [0.2, 0.25) is 0 Å². The van der Waals surface area contributed by atoms with Gasteiger partial charge in [0.25, 0.3) is 0 Å². The average Bonchev–Trinajstić information content (AvgIpc) is 3.00. The number of para-hydroxylation sites is 1. The summed E-state index contributed by atoms with van der Waals surface area (Å²) in [5, 5.41) is 1.24. The molecule has 3 atom stereocenters. The standard InChI is InChI=1S/C20H24N2O3/c1-13(23)25-19-7-6-16-10-15(19)11-20(24)22(16)9-8-14-12-21-18-5-3-2-4-17(14)18/h2-5,12,15-16,19,21H,6-11H2,1H3/t15-,16+,19-/m0/s1. The zero-order chi connectivity index (χ0) is 17.4. The molecule has 1 amide bonds. The van der Waals surface area contributed by atoms with E-state index in [2.05, 4.69) is 28.2 Å². The fraction of sp³-hybridized carbons (Fsp3) is 0.500. The monoisotopic (exact) mass is 340 g/mol. The highest BCUT2D eigenvalue weighted by atomic mass is 16.5. The number of ether oxygens (including phenoxy) is 1. The van der Waals surface area contributed by atoms with Crippen molar-refractivity contribution in [2.75, 3.05) is 6.54 Å². The lowest BCUT2D eigenvalue weighted by molar-refractivity contribution is -0.160. The van der Waals surface area contributed by atoms with Crippen molar-refractivity contribution < 1.29 is 14.3 Å². The number of H-pyrrole nitrogens is 1. The molecule has 1 N–H and O–H groups in total. The number of aromatic amines is 1. The van der Waals surface area contributed by atoms with Crippen LogP contribution in [0.15, 0.2) is 30.5 Å². The van der Waals surface area contributed by atoms with Gasteiger partial charge in [0.05, 0.1) is 0 Å². The van der Waals surface area contributed by atoms with Crippen LogP contribution in [-0.2, 0) is 20.7 Å². The molecule has 0 unspecified atom stereocenters. The van der Waals surface area contributed by atoms with Gasteiger partial charge in [-0.25, -0.2) is 0 Å². The van der Waals surface area contributed by atoms with E-state index in [0.29, 0.717) is 12.5 Å². The Kier molecular flexibility index (Phi) is 4.24. The second-order valence-electron chi connectivity index (χ2n) is 7.28. The van der Waals surface area contributed by atoms with E-state index < -0.39 is 0 Å². The Hall–Kier alpha value is -2.30. The summed E-state index contributed by atoms with van der Waals surface area (Å²) < 4.78 is 5.41. The van der Waals surface area contributed by atoms with Gasteiger partial charge in [-0.15, -0.1) is 0 Å². The molecule has 2 bridgehead atoms. The Labute approximate surface area is 147 Å². The van der Waals surface area contributed by atoms with Crippen molar-refractivity contribution in [2.24, 2.45) is 5.92 Å². The molecule has 0 spiro atoms. The van der Waals surface area contributed by atoms with Crippen LogP contribution in [0.4, 0.5) is 0 Å².